The second kappa shape index (κ2) is 4.18. The van der Waals surface area contributed by atoms with Crippen molar-refractivity contribution in [3.8, 4) is 0 Å². The molecule has 1 aromatic heterocycles. The largest absolute Gasteiger partial charge is 0.478 e. The van der Waals surface area contributed by atoms with Crippen molar-refractivity contribution in [1.82, 2.24) is 4.98 Å². The molecule has 0 saturated heterocycles. The van der Waals surface area contributed by atoms with E-state index < -0.39 is 11.9 Å². The molecule has 0 bridgehead atoms. The number of carboxylic acid groups (broad SMARTS) is 2. The number of carbonyl (C=O) groups is 2. The lowest BCUT2D eigenvalue weighted by atomic mass is 10.2. The number of aromatic nitrogens is 1. The van der Waals surface area contributed by atoms with Gasteiger partial charge in [-0.1, -0.05) is 0 Å². The summed E-state index contributed by atoms with van der Waals surface area (Å²) < 4.78 is 0. The lowest BCUT2D eigenvalue weighted by Gasteiger charge is -1.93. The molecule has 0 fully saturated rings. The first-order valence-corrected chi connectivity index (χ1v) is 3.70. The van der Waals surface area contributed by atoms with E-state index in [0.717, 1.165) is 6.08 Å². The maximum Gasteiger partial charge on any atom is 0.337 e. The molecule has 0 radical (unpaired) electrons. The molecule has 1 heterocycles. The Balaban J connectivity index is 2.83. The number of carboxylic acids is 2. The quantitative estimate of drug-likeness (QED) is 0.695. The molecule has 0 saturated carbocycles. The number of aliphatic carboxylic acids is 1. The number of aromatic carboxylic acids is 1. The van der Waals surface area contributed by atoms with Crippen LogP contribution < -0.4 is 0 Å². The predicted molar refractivity (Wildman–Crippen MR) is 47.9 cm³/mol. The third kappa shape index (κ3) is 2.71. The van der Waals surface area contributed by atoms with Gasteiger partial charge in [-0.25, -0.2) is 9.59 Å². The fraction of sp³-hybridized carbons (Fsp3) is 0. The van der Waals surface area contributed by atoms with Crippen LogP contribution in [-0.2, 0) is 4.79 Å². The maximum absolute atomic E-state index is 10.4. The summed E-state index contributed by atoms with van der Waals surface area (Å²) in [5.41, 5.74) is 0.467. The Morgan fingerprint density at radius 2 is 2.00 bits per heavy atom. The van der Waals surface area contributed by atoms with Gasteiger partial charge in [-0.3, -0.25) is 4.98 Å². The van der Waals surface area contributed by atoms with Crippen molar-refractivity contribution in [3.63, 3.8) is 0 Å². The van der Waals surface area contributed by atoms with Crippen LogP contribution in [-0.4, -0.2) is 27.1 Å². The molecule has 1 aromatic rings. The molecule has 2 N–H and O–H groups in total. The molecular formula is C9H7NO4. The minimum absolute atomic E-state index is 0.0671. The number of hydrogen-bond acceptors (Lipinski definition) is 3. The topological polar surface area (TPSA) is 87.5 Å². The summed E-state index contributed by atoms with van der Waals surface area (Å²) in [6.07, 6.45) is 3.39. The number of nitrogens with zero attached hydrogens (tertiary/aromatic N) is 1. The Bertz CT molecular complexity index is 380. The van der Waals surface area contributed by atoms with E-state index >= 15 is 0 Å². The van der Waals surface area contributed by atoms with Crippen molar-refractivity contribution in [3.05, 3.63) is 35.7 Å². The average Bonchev–Trinajstić information content (AvgIpc) is 2.15. The highest BCUT2D eigenvalue weighted by Crippen LogP contribution is 2.01. The lowest BCUT2D eigenvalue weighted by molar-refractivity contribution is -0.131. The number of hydrogen-bond donors (Lipinski definition) is 2. The van der Waals surface area contributed by atoms with Crippen molar-refractivity contribution in [2.75, 3.05) is 0 Å². The molecule has 0 amide bonds. The van der Waals surface area contributed by atoms with Crippen LogP contribution in [0.2, 0.25) is 0 Å². The van der Waals surface area contributed by atoms with Crippen LogP contribution in [0.15, 0.2) is 24.4 Å². The molecule has 0 aromatic carbocycles. The van der Waals surface area contributed by atoms with Gasteiger partial charge in [0.25, 0.3) is 0 Å². The zero-order valence-corrected chi connectivity index (χ0v) is 7.04. The van der Waals surface area contributed by atoms with Crippen LogP contribution in [0.25, 0.3) is 6.08 Å². The van der Waals surface area contributed by atoms with Gasteiger partial charge in [0.15, 0.2) is 0 Å². The maximum atomic E-state index is 10.4. The Hall–Kier alpha value is -2.17. The van der Waals surface area contributed by atoms with Gasteiger partial charge >= 0.3 is 11.9 Å². The first kappa shape index (κ1) is 9.91. The lowest BCUT2D eigenvalue weighted by Crippen LogP contribution is -1.97. The monoisotopic (exact) mass is 193 g/mol. The minimum Gasteiger partial charge on any atom is -0.478 e. The molecule has 0 unspecified atom stereocenters. The molecule has 0 spiro atoms. The highest BCUT2D eigenvalue weighted by atomic mass is 16.4. The highest BCUT2D eigenvalue weighted by molar-refractivity contribution is 5.87. The van der Waals surface area contributed by atoms with Gasteiger partial charge in [-0.05, 0) is 18.2 Å². The van der Waals surface area contributed by atoms with Crippen molar-refractivity contribution < 1.29 is 19.8 Å². The Morgan fingerprint density at radius 1 is 1.29 bits per heavy atom. The summed E-state index contributed by atoms with van der Waals surface area (Å²) in [5.74, 6) is -2.14. The molecule has 0 aliphatic rings. The van der Waals surface area contributed by atoms with Gasteiger partial charge in [0.2, 0.25) is 0 Å². The SMILES string of the molecule is O=C(O)/C=C/c1ccc(C(=O)O)cn1. The molecular weight excluding hydrogens is 186 g/mol. The molecule has 5 nitrogen and oxygen atoms in total. The average molecular weight is 193 g/mol. The molecule has 0 aliphatic carbocycles. The smallest absolute Gasteiger partial charge is 0.337 e. The fourth-order valence-corrected chi connectivity index (χ4v) is 0.787. The molecule has 0 aliphatic heterocycles. The Labute approximate surface area is 79.3 Å². The summed E-state index contributed by atoms with van der Waals surface area (Å²) in [6.45, 7) is 0. The van der Waals surface area contributed by atoms with Gasteiger partial charge in [0, 0.05) is 12.3 Å². The van der Waals surface area contributed by atoms with Crippen molar-refractivity contribution in [1.29, 1.82) is 0 Å². The first-order chi connectivity index (χ1) is 6.59. The zero-order valence-electron chi connectivity index (χ0n) is 7.04. The summed E-state index contributed by atoms with van der Waals surface area (Å²) >= 11 is 0. The van der Waals surface area contributed by atoms with Crippen LogP contribution in [0.3, 0.4) is 0 Å². The second-order valence-corrected chi connectivity index (χ2v) is 2.45. The summed E-state index contributed by atoms with van der Waals surface area (Å²) in [4.78, 5) is 24.3. The molecule has 72 valence electrons. The van der Waals surface area contributed by atoms with E-state index in [0.29, 0.717) is 5.69 Å². The summed E-state index contributed by atoms with van der Waals surface area (Å²) in [7, 11) is 0. The minimum atomic E-state index is -1.07. The Kier molecular flexibility index (Phi) is 2.96. The van der Waals surface area contributed by atoms with Crippen molar-refractivity contribution in [2.24, 2.45) is 0 Å². The number of rotatable bonds is 3. The van der Waals surface area contributed by atoms with Gasteiger partial charge in [-0.2, -0.15) is 0 Å². The molecule has 5 heteroatoms. The predicted octanol–water partition coefficient (Wildman–Crippen LogP) is 0.878. The van der Waals surface area contributed by atoms with E-state index in [4.69, 9.17) is 10.2 Å². The second-order valence-electron chi connectivity index (χ2n) is 2.45. The van der Waals surface area contributed by atoms with Gasteiger partial charge in [-0.15, -0.1) is 0 Å². The van der Waals surface area contributed by atoms with Crippen LogP contribution in [0.4, 0.5) is 0 Å². The van der Waals surface area contributed by atoms with Crippen LogP contribution in [0.1, 0.15) is 16.1 Å². The van der Waals surface area contributed by atoms with Gasteiger partial charge in [0.1, 0.15) is 0 Å². The van der Waals surface area contributed by atoms with Crippen LogP contribution >= 0.6 is 0 Å². The summed E-state index contributed by atoms with van der Waals surface area (Å²) in [6, 6.07) is 2.79. The van der Waals surface area contributed by atoms with E-state index in [2.05, 4.69) is 4.98 Å². The fourth-order valence-electron chi connectivity index (χ4n) is 0.787. The van der Waals surface area contributed by atoms with Crippen molar-refractivity contribution >= 4 is 18.0 Å². The van der Waals surface area contributed by atoms with E-state index in [1.807, 2.05) is 0 Å². The van der Waals surface area contributed by atoms with Gasteiger partial charge in [0.05, 0.1) is 11.3 Å². The Morgan fingerprint density at radius 3 is 2.43 bits per heavy atom. The molecule has 0 atom stereocenters. The van der Waals surface area contributed by atoms with E-state index in [1.165, 1.54) is 24.4 Å². The zero-order chi connectivity index (χ0) is 10.6. The highest BCUT2D eigenvalue weighted by Gasteiger charge is 2.01. The van der Waals surface area contributed by atoms with E-state index in [1.54, 1.807) is 0 Å². The first-order valence-electron chi connectivity index (χ1n) is 3.70. The van der Waals surface area contributed by atoms with Gasteiger partial charge < -0.3 is 10.2 Å². The number of pyridine rings is 1. The van der Waals surface area contributed by atoms with Crippen LogP contribution in [0, 0.1) is 0 Å². The van der Waals surface area contributed by atoms with Crippen LogP contribution in [0.5, 0.6) is 0 Å². The van der Waals surface area contributed by atoms with E-state index in [9.17, 15) is 9.59 Å². The normalized spacial score (nSPS) is 10.3. The molecule has 1 rings (SSSR count). The molecule has 14 heavy (non-hydrogen) atoms. The van der Waals surface area contributed by atoms with Crippen molar-refractivity contribution in [2.45, 2.75) is 0 Å². The standard InChI is InChI=1S/C9H7NO4/c11-8(12)4-3-7-2-1-6(5-10-7)9(13)14/h1-5H,(H,11,12)(H,13,14)/b4-3+. The van der Waals surface area contributed by atoms with E-state index in [-0.39, 0.29) is 5.56 Å². The third-order valence-corrected chi connectivity index (χ3v) is 1.43. The third-order valence-electron chi connectivity index (χ3n) is 1.43. The summed E-state index contributed by atoms with van der Waals surface area (Å²) in [5, 5.41) is 16.9.